The molecule has 0 radical (unpaired) electrons. The number of hydrogen-bond acceptors (Lipinski definition) is 2. The Kier molecular flexibility index (Phi) is 3.59. The molecule has 6 heteroatoms. The third-order valence-electron chi connectivity index (χ3n) is 3.97. The van der Waals surface area contributed by atoms with E-state index in [1.807, 2.05) is 35.9 Å². The summed E-state index contributed by atoms with van der Waals surface area (Å²) in [5.74, 6) is -0.00429. The summed E-state index contributed by atoms with van der Waals surface area (Å²) in [7, 11) is 1.88. The predicted octanol–water partition coefficient (Wildman–Crippen LogP) is 1.75. The molecule has 2 aromatic rings. The molecule has 110 valence electrons. The predicted molar refractivity (Wildman–Crippen MR) is 81.5 cm³/mol. The van der Waals surface area contributed by atoms with Crippen molar-refractivity contribution in [3.8, 4) is 0 Å². The fourth-order valence-corrected chi connectivity index (χ4v) is 2.90. The molecule has 3 rings (SSSR count). The van der Waals surface area contributed by atoms with Crippen molar-refractivity contribution < 1.29 is 9.59 Å². The SMILES string of the molecule is Cn1c(C(=O)N2CCN(C=O)CC2)cc2cc(Cl)ccc21. The van der Waals surface area contributed by atoms with E-state index in [0.29, 0.717) is 36.9 Å². The first-order chi connectivity index (χ1) is 10.1. The first-order valence-electron chi connectivity index (χ1n) is 6.84. The number of aryl methyl sites for hydroxylation is 1. The van der Waals surface area contributed by atoms with Crippen molar-refractivity contribution in [2.45, 2.75) is 0 Å². The molecular weight excluding hydrogens is 290 g/mol. The molecule has 2 heterocycles. The maximum absolute atomic E-state index is 12.6. The molecule has 1 aromatic carbocycles. The van der Waals surface area contributed by atoms with Gasteiger partial charge in [0.25, 0.3) is 5.91 Å². The second kappa shape index (κ2) is 5.41. The average Bonchev–Trinajstić information content (AvgIpc) is 2.83. The Bertz CT molecular complexity index is 702. The van der Waals surface area contributed by atoms with Gasteiger partial charge in [-0.2, -0.15) is 0 Å². The highest BCUT2D eigenvalue weighted by Crippen LogP contribution is 2.23. The molecule has 0 N–H and O–H groups in total. The van der Waals surface area contributed by atoms with Gasteiger partial charge in [0.2, 0.25) is 6.41 Å². The van der Waals surface area contributed by atoms with E-state index in [9.17, 15) is 9.59 Å². The maximum atomic E-state index is 12.6. The lowest BCUT2D eigenvalue weighted by atomic mass is 10.2. The van der Waals surface area contributed by atoms with Gasteiger partial charge in [-0.05, 0) is 24.3 Å². The average molecular weight is 306 g/mol. The van der Waals surface area contributed by atoms with Crippen molar-refractivity contribution in [2.75, 3.05) is 26.2 Å². The number of nitrogens with zero attached hydrogens (tertiary/aromatic N) is 3. The molecule has 1 fully saturated rings. The van der Waals surface area contributed by atoms with Crippen molar-refractivity contribution in [3.05, 3.63) is 35.0 Å². The van der Waals surface area contributed by atoms with Crippen LogP contribution in [-0.2, 0) is 11.8 Å². The molecule has 0 atom stereocenters. The van der Waals surface area contributed by atoms with E-state index < -0.39 is 0 Å². The summed E-state index contributed by atoms with van der Waals surface area (Å²) in [6, 6.07) is 7.47. The highest BCUT2D eigenvalue weighted by Gasteiger charge is 2.23. The molecule has 1 saturated heterocycles. The van der Waals surface area contributed by atoms with Crippen LogP contribution in [0, 0.1) is 0 Å². The normalized spacial score (nSPS) is 15.5. The Morgan fingerprint density at radius 1 is 1.19 bits per heavy atom. The molecular formula is C15H16ClN3O2. The summed E-state index contributed by atoms with van der Waals surface area (Å²) in [5.41, 5.74) is 1.63. The van der Waals surface area contributed by atoms with Gasteiger partial charge >= 0.3 is 0 Å². The Labute approximate surface area is 127 Å². The van der Waals surface area contributed by atoms with Crippen LogP contribution in [0.4, 0.5) is 0 Å². The van der Waals surface area contributed by atoms with Crippen molar-refractivity contribution in [1.29, 1.82) is 0 Å². The minimum atomic E-state index is -0.00429. The summed E-state index contributed by atoms with van der Waals surface area (Å²) >= 11 is 6.00. The van der Waals surface area contributed by atoms with Gasteiger partial charge in [0.05, 0.1) is 0 Å². The number of carbonyl (C=O) groups is 2. The molecule has 1 aliphatic rings. The second-order valence-electron chi connectivity index (χ2n) is 5.23. The molecule has 0 saturated carbocycles. The summed E-state index contributed by atoms with van der Waals surface area (Å²) in [4.78, 5) is 26.8. The lowest BCUT2D eigenvalue weighted by molar-refractivity contribution is -0.119. The van der Waals surface area contributed by atoms with Gasteiger partial charge in [-0.3, -0.25) is 9.59 Å². The quantitative estimate of drug-likeness (QED) is 0.794. The number of hydrogen-bond donors (Lipinski definition) is 0. The molecule has 1 aromatic heterocycles. The molecule has 5 nitrogen and oxygen atoms in total. The van der Waals surface area contributed by atoms with Crippen LogP contribution in [0.5, 0.6) is 0 Å². The number of amides is 2. The topological polar surface area (TPSA) is 45.6 Å². The maximum Gasteiger partial charge on any atom is 0.270 e. The van der Waals surface area contributed by atoms with Gasteiger partial charge in [-0.15, -0.1) is 0 Å². The molecule has 0 bridgehead atoms. The van der Waals surface area contributed by atoms with E-state index in [1.165, 1.54) is 0 Å². The third-order valence-corrected chi connectivity index (χ3v) is 4.21. The lowest BCUT2D eigenvalue weighted by Crippen LogP contribution is -2.48. The fraction of sp³-hybridized carbons (Fsp3) is 0.333. The summed E-state index contributed by atoms with van der Waals surface area (Å²) < 4.78 is 1.89. The van der Waals surface area contributed by atoms with Gasteiger partial charge in [0.1, 0.15) is 5.69 Å². The van der Waals surface area contributed by atoms with Crippen LogP contribution in [-0.4, -0.2) is 52.9 Å². The standard InChI is InChI=1S/C15H16ClN3O2/c1-17-13-3-2-12(16)8-11(13)9-14(17)15(21)19-6-4-18(10-20)5-7-19/h2-3,8-10H,4-7H2,1H3. The van der Waals surface area contributed by atoms with Crippen LogP contribution < -0.4 is 0 Å². The van der Waals surface area contributed by atoms with Crippen molar-refractivity contribution >= 4 is 34.8 Å². The zero-order valence-corrected chi connectivity index (χ0v) is 12.5. The molecule has 1 aliphatic heterocycles. The number of carbonyl (C=O) groups excluding carboxylic acids is 2. The third kappa shape index (κ3) is 2.49. The molecule has 0 aliphatic carbocycles. The fourth-order valence-electron chi connectivity index (χ4n) is 2.72. The van der Waals surface area contributed by atoms with Crippen LogP contribution in [0.1, 0.15) is 10.5 Å². The highest BCUT2D eigenvalue weighted by molar-refractivity contribution is 6.31. The summed E-state index contributed by atoms with van der Waals surface area (Å²) in [5, 5.41) is 1.62. The number of benzene rings is 1. The molecule has 2 amide bonds. The van der Waals surface area contributed by atoms with Crippen molar-refractivity contribution in [1.82, 2.24) is 14.4 Å². The number of fused-ring (bicyclic) bond motifs is 1. The van der Waals surface area contributed by atoms with Gasteiger partial charge in [0, 0.05) is 49.2 Å². The van der Waals surface area contributed by atoms with Crippen LogP contribution in [0.25, 0.3) is 10.9 Å². The van der Waals surface area contributed by atoms with E-state index in [0.717, 1.165) is 17.3 Å². The van der Waals surface area contributed by atoms with Crippen LogP contribution >= 0.6 is 11.6 Å². The van der Waals surface area contributed by atoms with E-state index in [-0.39, 0.29) is 5.91 Å². The summed E-state index contributed by atoms with van der Waals surface area (Å²) in [6.45, 7) is 2.32. The zero-order chi connectivity index (χ0) is 15.0. The molecule has 0 spiro atoms. The molecule has 0 unspecified atom stereocenters. The van der Waals surface area contributed by atoms with Crippen LogP contribution in [0.2, 0.25) is 5.02 Å². The number of halogens is 1. The van der Waals surface area contributed by atoms with Gasteiger partial charge in [0.15, 0.2) is 0 Å². The van der Waals surface area contributed by atoms with Crippen LogP contribution in [0.3, 0.4) is 0 Å². The van der Waals surface area contributed by atoms with E-state index in [1.54, 1.807) is 9.80 Å². The minimum Gasteiger partial charge on any atom is -0.342 e. The lowest BCUT2D eigenvalue weighted by Gasteiger charge is -2.32. The van der Waals surface area contributed by atoms with E-state index in [2.05, 4.69) is 0 Å². The Morgan fingerprint density at radius 3 is 2.57 bits per heavy atom. The van der Waals surface area contributed by atoms with Crippen molar-refractivity contribution in [2.24, 2.45) is 7.05 Å². The first-order valence-corrected chi connectivity index (χ1v) is 7.21. The van der Waals surface area contributed by atoms with E-state index in [4.69, 9.17) is 11.6 Å². The first kappa shape index (κ1) is 13.9. The summed E-state index contributed by atoms with van der Waals surface area (Å²) in [6.07, 6.45) is 0.834. The zero-order valence-electron chi connectivity index (χ0n) is 11.8. The Balaban J connectivity index is 1.88. The smallest absolute Gasteiger partial charge is 0.270 e. The van der Waals surface area contributed by atoms with Crippen LogP contribution in [0.15, 0.2) is 24.3 Å². The van der Waals surface area contributed by atoms with E-state index >= 15 is 0 Å². The minimum absolute atomic E-state index is 0.00429. The van der Waals surface area contributed by atoms with Gasteiger partial charge in [-0.1, -0.05) is 11.6 Å². The number of aromatic nitrogens is 1. The van der Waals surface area contributed by atoms with Gasteiger partial charge < -0.3 is 14.4 Å². The Morgan fingerprint density at radius 2 is 1.90 bits per heavy atom. The highest BCUT2D eigenvalue weighted by atomic mass is 35.5. The van der Waals surface area contributed by atoms with Gasteiger partial charge in [-0.25, -0.2) is 0 Å². The number of piperazine rings is 1. The number of rotatable bonds is 2. The van der Waals surface area contributed by atoms with Crippen molar-refractivity contribution in [3.63, 3.8) is 0 Å². The molecule has 21 heavy (non-hydrogen) atoms. The monoisotopic (exact) mass is 305 g/mol. The Hall–Kier alpha value is -2.01. The largest absolute Gasteiger partial charge is 0.342 e. The second-order valence-corrected chi connectivity index (χ2v) is 5.66.